The van der Waals surface area contributed by atoms with Crippen LogP contribution in [0, 0.1) is 0 Å². The number of nitrogens with zero attached hydrogens (tertiary/aromatic N) is 4. The molecule has 100 heavy (non-hydrogen) atoms. The van der Waals surface area contributed by atoms with Gasteiger partial charge in [-0.3, -0.25) is 0 Å². The van der Waals surface area contributed by atoms with Gasteiger partial charge in [0.2, 0.25) is 0 Å². The summed E-state index contributed by atoms with van der Waals surface area (Å²) in [5.74, 6) is 0. The van der Waals surface area contributed by atoms with E-state index in [0.29, 0.717) is 39.6 Å². The minimum absolute atomic E-state index is 0.0266. The van der Waals surface area contributed by atoms with Crippen molar-refractivity contribution in [1.82, 2.24) is 9.13 Å². The third-order valence-corrected chi connectivity index (χ3v) is 20.8. The molecule has 486 valence electrons. The van der Waals surface area contributed by atoms with Crippen LogP contribution in [-0.2, 0) is 21.7 Å². The van der Waals surface area contributed by atoms with Gasteiger partial charge < -0.3 is 23.4 Å². The summed E-state index contributed by atoms with van der Waals surface area (Å²) in [6.45, 7) is 25.9. The average Bonchev–Trinajstić information content (AvgIpc) is 0.750. The SMILES string of the molecule is [2H]c1c([2H])c([2H])c(-c2ccc3c(c2)N(c2c(-c4ccccc4)cc(C(C)(C)C)cc2-c2ccccc2)c2cc(-n4c5ccc(C(C)(C)C)cc5c5cc(C(C)(C)C)ccc54)cc4c2B3c2ccc(-n3c5c([2H])c([2H])c([2H])c([2H])c5c5c([2H])c([2H])c([2H])c([2H])c53)cc2N4c2cccc3c2oc2c(C(C)(C)C)cccc23)c([2H])c1[2H]. The maximum Gasteiger partial charge on any atom is 0.252 e. The van der Waals surface area contributed by atoms with Crippen molar-refractivity contribution in [2.45, 2.75) is 105 Å². The summed E-state index contributed by atoms with van der Waals surface area (Å²) in [6, 6.07) is 61.7. The second-order valence-electron chi connectivity index (χ2n) is 31.2. The number of para-hydroxylation sites is 4. The van der Waals surface area contributed by atoms with Gasteiger partial charge in [0.15, 0.2) is 5.58 Å². The molecule has 0 fully saturated rings. The standard InChI is InChI=1S/C94H81BN4O/c1-91(2,3)62-43-48-80-73(51-62)74-52-63(92(4,5)6)44-49-81(74)97(80)66-56-85-87-86(57-66)99(88-71(59-30-18-14-19-31-59)53-64(93(7,8)9)54-72(88)60-32-20-15-21-33-60)83-50-61(58-28-16-13-17-29-58)42-46-76(83)95(87)77-47-45-65(96-78-39-24-22-34-67(78)68-35-23-25-40-79(68)96)55-84(77)98(85)82-41-27-37-70-69-36-26-38-75(94(10,11)12)89(69)100-90(70)82/h13-57H,1-12H3/i13D,16D,17D,22D,23D,24D,25D,28D,29D,34D,35D,39D,40D. The number of rotatable bonds is 7. The van der Waals surface area contributed by atoms with Crippen molar-refractivity contribution in [2.24, 2.45) is 0 Å². The zero-order valence-corrected chi connectivity index (χ0v) is 58.2. The Morgan fingerprint density at radius 2 is 0.820 bits per heavy atom. The first-order chi connectivity index (χ1) is 53.5. The van der Waals surface area contributed by atoms with Crippen LogP contribution in [0.2, 0.25) is 0 Å². The maximum absolute atomic E-state index is 9.83. The highest BCUT2D eigenvalue weighted by Crippen LogP contribution is 2.55. The molecular weight excluding hydrogens is 1210 g/mol. The fourth-order valence-corrected chi connectivity index (χ4v) is 15.8. The fraction of sp³-hybridized carbons (Fsp3) is 0.170. The zero-order chi connectivity index (χ0) is 79.8. The van der Waals surface area contributed by atoms with Crippen molar-refractivity contribution in [3.63, 3.8) is 0 Å². The minimum atomic E-state index is -0.721. The minimum Gasteiger partial charge on any atom is -0.454 e. The van der Waals surface area contributed by atoms with Gasteiger partial charge >= 0.3 is 0 Å². The summed E-state index contributed by atoms with van der Waals surface area (Å²) in [6.07, 6.45) is 0. The van der Waals surface area contributed by atoms with Crippen LogP contribution < -0.4 is 26.2 Å². The van der Waals surface area contributed by atoms with E-state index in [2.05, 4.69) is 237 Å². The van der Waals surface area contributed by atoms with Crippen LogP contribution in [0.4, 0.5) is 34.1 Å². The van der Waals surface area contributed by atoms with Crippen LogP contribution in [-0.4, -0.2) is 15.8 Å². The van der Waals surface area contributed by atoms with E-state index in [-0.39, 0.29) is 61.1 Å². The fourth-order valence-electron chi connectivity index (χ4n) is 15.8. The van der Waals surface area contributed by atoms with Crippen LogP contribution >= 0.6 is 0 Å². The van der Waals surface area contributed by atoms with Crippen LogP contribution in [0.15, 0.2) is 277 Å². The van der Waals surface area contributed by atoms with Crippen molar-refractivity contribution >= 4 is 123 Å². The average molecular weight is 1310 g/mol. The smallest absolute Gasteiger partial charge is 0.252 e. The Kier molecular flexibility index (Phi) is 10.8. The highest BCUT2D eigenvalue weighted by atomic mass is 16.3. The van der Waals surface area contributed by atoms with E-state index < -0.39 is 73.2 Å². The van der Waals surface area contributed by atoms with Gasteiger partial charge in [0.05, 0.1) is 56.9 Å². The van der Waals surface area contributed by atoms with Crippen LogP contribution in [0.25, 0.3) is 110 Å². The first-order valence-corrected chi connectivity index (χ1v) is 34.5. The molecule has 0 spiro atoms. The highest BCUT2D eigenvalue weighted by molar-refractivity contribution is 7.00. The molecule has 0 saturated carbocycles. The van der Waals surface area contributed by atoms with E-state index in [1.807, 2.05) is 54.6 Å². The summed E-state index contributed by atoms with van der Waals surface area (Å²) in [7, 11) is 0. The Labute approximate surface area is 605 Å². The van der Waals surface area contributed by atoms with Gasteiger partial charge in [-0.1, -0.05) is 271 Å². The molecule has 0 radical (unpaired) electrons. The van der Waals surface area contributed by atoms with Gasteiger partial charge in [0.1, 0.15) is 5.58 Å². The van der Waals surface area contributed by atoms with E-state index in [1.54, 1.807) is 4.57 Å². The molecule has 16 aromatic rings. The monoisotopic (exact) mass is 1310 g/mol. The van der Waals surface area contributed by atoms with Gasteiger partial charge in [-0.2, -0.15) is 0 Å². The van der Waals surface area contributed by atoms with E-state index in [0.717, 1.165) is 116 Å². The summed E-state index contributed by atoms with van der Waals surface area (Å²) >= 11 is 0. The second kappa shape index (κ2) is 22.2. The van der Waals surface area contributed by atoms with Crippen LogP contribution in [0.1, 0.15) is 123 Å². The molecule has 18 rings (SSSR count). The lowest BCUT2D eigenvalue weighted by Gasteiger charge is -2.45. The molecule has 0 bridgehead atoms. The Balaban J connectivity index is 1.08. The molecule has 0 amide bonds. The lowest BCUT2D eigenvalue weighted by atomic mass is 9.33. The third-order valence-electron chi connectivity index (χ3n) is 20.8. The molecule has 0 atom stereocenters. The Hall–Kier alpha value is -11.1. The van der Waals surface area contributed by atoms with Gasteiger partial charge in [0.25, 0.3) is 6.71 Å². The van der Waals surface area contributed by atoms with E-state index in [1.165, 1.54) is 0 Å². The molecule has 0 N–H and O–H groups in total. The van der Waals surface area contributed by atoms with Crippen molar-refractivity contribution in [3.05, 3.63) is 295 Å². The summed E-state index contributed by atoms with van der Waals surface area (Å²) in [4.78, 5) is 4.62. The lowest BCUT2D eigenvalue weighted by Crippen LogP contribution is -2.61. The van der Waals surface area contributed by atoms with Gasteiger partial charge in [-0.05, 0) is 162 Å². The first-order valence-electron chi connectivity index (χ1n) is 41.0. The molecule has 5 nitrogen and oxygen atoms in total. The normalized spacial score (nSPS) is 15.2. The highest BCUT2D eigenvalue weighted by Gasteiger charge is 2.46. The molecular formula is C94H81BN4O. The van der Waals surface area contributed by atoms with Crippen molar-refractivity contribution in [1.29, 1.82) is 0 Å². The number of hydrogen-bond acceptors (Lipinski definition) is 3. The molecule has 2 aliphatic rings. The van der Waals surface area contributed by atoms with Crippen LogP contribution in [0.3, 0.4) is 0 Å². The van der Waals surface area contributed by atoms with Crippen molar-refractivity contribution in [2.75, 3.05) is 9.80 Å². The van der Waals surface area contributed by atoms with E-state index in [9.17, 15) is 13.7 Å². The molecule has 13 aromatic carbocycles. The number of aromatic nitrogens is 2. The van der Waals surface area contributed by atoms with E-state index in [4.69, 9.17) is 8.53 Å². The number of anilines is 6. The number of fused-ring (bicyclic) bond motifs is 13. The van der Waals surface area contributed by atoms with Crippen molar-refractivity contribution < 1.29 is 22.2 Å². The summed E-state index contributed by atoms with van der Waals surface area (Å²) in [5.41, 5.74) is 18.0. The van der Waals surface area contributed by atoms with Gasteiger partial charge in [-0.15, -0.1) is 0 Å². The molecule has 3 aromatic heterocycles. The molecule has 5 heterocycles. The quantitative estimate of drug-likeness (QED) is 0.149. The first kappa shape index (κ1) is 48.6. The molecule has 2 aliphatic heterocycles. The Morgan fingerprint density at radius 3 is 1.39 bits per heavy atom. The molecule has 0 unspecified atom stereocenters. The molecule has 6 heteroatoms. The topological polar surface area (TPSA) is 29.5 Å². The maximum atomic E-state index is 9.83. The second-order valence-corrected chi connectivity index (χ2v) is 31.2. The molecule has 0 saturated heterocycles. The predicted octanol–water partition coefficient (Wildman–Crippen LogP) is 24.1. The van der Waals surface area contributed by atoms with E-state index >= 15 is 0 Å². The largest absolute Gasteiger partial charge is 0.454 e. The zero-order valence-electron chi connectivity index (χ0n) is 71.2. The lowest BCUT2D eigenvalue weighted by molar-refractivity contribution is 0.573. The van der Waals surface area contributed by atoms with Crippen molar-refractivity contribution in [3.8, 4) is 44.8 Å². The Morgan fingerprint density at radius 1 is 0.320 bits per heavy atom. The van der Waals surface area contributed by atoms with Crippen LogP contribution in [0.5, 0.6) is 0 Å². The van der Waals surface area contributed by atoms with Gasteiger partial charge in [-0.25, -0.2) is 0 Å². The molecule has 0 aliphatic carbocycles. The number of furan rings is 1. The number of benzene rings is 13. The van der Waals surface area contributed by atoms with Gasteiger partial charge in [0, 0.05) is 77.4 Å². The Bertz CT molecular complexity index is 6610. The summed E-state index contributed by atoms with van der Waals surface area (Å²) in [5, 5.41) is 3.76. The number of hydrogen-bond donors (Lipinski definition) is 0. The summed E-state index contributed by atoms with van der Waals surface area (Å²) < 4.78 is 134. The predicted molar refractivity (Wildman–Crippen MR) is 428 cm³/mol. The third kappa shape index (κ3) is 9.57.